The fourth-order valence-electron chi connectivity index (χ4n) is 1.63. The third kappa shape index (κ3) is 2.90. The summed E-state index contributed by atoms with van der Waals surface area (Å²) in [6, 6.07) is 8.10. The van der Waals surface area contributed by atoms with Gasteiger partial charge in [-0.1, -0.05) is 6.07 Å². The molecule has 2 rings (SSSR count). The standard InChI is InChI=1S/C13H15IN4/c1-8-7-12(18-13(15-3)16-8)17-11-6-4-5-10(14)9(11)2/h4-7H,1-3H3,(H2,15,16,17,18). The van der Waals surface area contributed by atoms with Crippen LogP contribution in [0, 0.1) is 17.4 Å². The highest BCUT2D eigenvalue weighted by molar-refractivity contribution is 14.1. The highest BCUT2D eigenvalue weighted by Crippen LogP contribution is 2.23. The molecule has 4 nitrogen and oxygen atoms in total. The Morgan fingerprint density at radius 1 is 1.17 bits per heavy atom. The summed E-state index contributed by atoms with van der Waals surface area (Å²) in [5.41, 5.74) is 3.22. The van der Waals surface area contributed by atoms with Crippen molar-refractivity contribution in [2.75, 3.05) is 17.7 Å². The van der Waals surface area contributed by atoms with Crippen molar-refractivity contribution in [2.45, 2.75) is 13.8 Å². The van der Waals surface area contributed by atoms with Crippen LogP contribution in [0.25, 0.3) is 0 Å². The number of hydrogen-bond acceptors (Lipinski definition) is 4. The fraction of sp³-hybridized carbons (Fsp3) is 0.231. The molecule has 5 heteroatoms. The van der Waals surface area contributed by atoms with Gasteiger partial charge in [-0.2, -0.15) is 4.98 Å². The van der Waals surface area contributed by atoms with E-state index in [1.165, 1.54) is 9.13 Å². The van der Waals surface area contributed by atoms with Crippen molar-refractivity contribution < 1.29 is 0 Å². The first-order valence-corrected chi connectivity index (χ1v) is 6.73. The van der Waals surface area contributed by atoms with Gasteiger partial charge in [0.2, 0.25) is 5.95 Å². The number of benzene rings is 1. The minimum Gasteiger partial charge on any atom is -0.357 e. The molecule has 2 N–H and O–H groups in total. The van der Waals surface area contributed by atoms with Gasteiger partial charge in [0.1, 0.15) is 5.82 Å². The van der Waals surface area contributed by atoms with Crippen LogP contribution in [0.1, 0.15) is 11.3 Å². The molecular weight excluding hydrogens is 339 g/mol. The van der Waals surface area contributed by atoms with Crippen molar-refractivity contribution in [1.29, 1.82) is 0 Å². The van der Waals surface area contributed by atoms with Crippen molar-refractivity contribution >= 4 is 40.0 Å². The van der Waals surface area contributed by atoms with E-state index in [2.05, 4.69) is 56.2 Å². The molecule has 0 aliphatic rings. The van der Waals surface area contributed by atoms with Crippen molar-refractivity contribution in [3.8, 4) is 0 Å². The Labute approximate surface area is 120 Å². The largest absolute Gasteiger partial charge is 0.357 e. The predicted octanol–water partition coefficient (Wildman–Crippen LogP) is 3.48. The number of nitrogens with zero attached hydrogens (tertiary/aromatic N) is 2. The van der Waals surface area contributed by atoms with Crippen LogP contribution in [-0.2, 0) is 0 Å². The Morgan fingerprint density at radius 2 is 1.94 bits per heavy atom. The first-order valence-electron chi connectivity index (χ1n) is 5.65. The summed E-state index contributed by atoms with van der Waals surface area (Å²) >= 11 is 2.33. The van der Waals surface area contributed by atoms with Gasteiger partial charge in [0.05, 0.1) is 0 Å². The van der Waals surface area contributed by atoms with E-state index < -0.39 is 0 Å². The fourth-order valence-corrected chi connectivity index (χ4v) is 2.12. The average molecular weight is 354 g/mol. The van der Waals surface area contributed by atoms with Crippen LogP contribution in [0.3, 0.4) is 0 Å². The number of anilines is 3. The Balaban J connectivity index is 2.34. The summed E-state index contributed by atoms with van der Waals surface area (Å²) in [5, 5.41) is 6.29. The van der Waals surface area contributed by atoms with Crippen LogP contribution in [0.15, 0.2) is 24.3 Å². The molecule has 1 aromatic carbocycles. The zero-order chi connectivity index (χ0) is 13.1. The van der Waals surface area contributed by atoms with E-state index in [9.17, 15) is 0 Å². The maximum absolute atomic E-state index is 4.38. The van der Waals surface area contributed by atoms with E-state index in [0.29, 0.717) is 5.95 Å². The second-order valence-corrected chi connectivity index (χ2v) is 5.17. The second-order valence-electron chi connectivity index (χ2n) is 4.01. The van der Waals surface area contributed by atoms with Crippen molar-refractivity contribution in [3.63, 3.8) is 0 Å². The van der Waals surface area contributed by atoms with E-state index in [-0.39, 0.29) is 0 Å². The lowest BCUT2D eigenvalue weighted by Crippen LogP contribution is -2.03. The molecule has 0 aliphatic carbocycles. The summed E-state index contributed by atoms with van der Waals surface area (Å²) < 4.78 is 1.23. The lowest BCUT2D eigenvalue weighted by molar-refractivity contribution is 1.10. The summed E-state index contributed by atoms with van der Waals surface area (Å²) in [6.07, 6.45) is 0. The molecule has 0 radical (unpaired) electrons. The molecule has 0 bridgehead atoms. The molecule has 0 spiro atoms. The molecule has 94 valence electrons. The Bertz CT molecular complexity index is 569. The molecule has 2 aromatic rings. The van der Waals surface area contributed by atoms with Gasteiger partial charge in [0, 0.05) is 28.1 Å². The highest BCUT2D eigenvalue weighted by atomic mass is 127. The van der Waals surface area contributed by atoms with E-state index >= 15 is 0 Å². The van der Waals surface area contributed by atoms with Gasteiger partial charge in [0.25, 0.3) is 0 Å². The highest BCUT2D eigenvalue weighted by Gasteiger charge is 2.05. The Morgan fingerprint density at radius 3 is 2.67 bits per heavy atom. The minimum absolute atomic E-state index is 0.626. The number of rotatable bonds is 3. The Hall–Kier alpha value is -1.37. The van der Waals surface area contributed by atoms with E-state index in [1.54, 1.807) is 0 Å². The third-order valence-corrected chi connectivity index (χ3v) is 3.78. The van der Waals surface area contributed by atoms with Crippen LogP contribution >= 0.6 is 22.6 Å². The van der Waals surface area contributed by atoms with E-state index in [4.69, 9.17) is 0 Å². The van der Waals surface area contributed by atoms with Gasteiger partial charge in [-0.25, -0.2) is 4.98 Å². The molecule has 0 saturated heterocycles. The van der Waals surface area contributed by atoms with Gasteiger partial charge in [0.15, 0.2) is 0 Å². The molecule has 0 unspecified atom stereocenters. The lowest BCUT2D eigenvalue weighted by atomic mass is 10.2. The summed E-state index contributed by atoms with van der Waals surface area (Å²) in [4.78, 5) is 8.65. The lowest BCUT2D eigenvalue weighted by Gasteiger charge is -2.11. The molecule has 0 fully saturated rings. The van der Waals surface area contributed by atoms with Crippen molar-refractivity contribution in [3.05, 3.63) is 39.1 Å². The topological polar surface area (TPSA) is 49.8 Å². The molecule has 1 aromatic heterocycles. The molecule has 0 amide bonds. The number of aromatic nitrogens is 2. The zero-order valence-electron chi connectivity index (χ0n) is 10.6. The number of nitrogens with one attached hydrogen (secondary N) is 2. The number of aryl methyl sites for hydroxylation is 1. The van der Waals surface area contributed by atoms with Crippen LogP contribution < -0.4 is 10.6 Å². The zero-order valence-corrected chi connectivity index (χ0v) is 12.7. The summed E-state index contributed by atoms with van der Waals surface area (Å²) in [6.45, 7) is 4.05. The average Bonchev–Trinajstić information content (AvgIpc) is 2.34. The third-order valence-electron chi connectivity index (χ3n) is 2.61. The van der Waals surface area contributed by atoms with Gasteiger partial charge < -0.3 is 10.6 Å². The molecule has 0 atom stereocenters. The minimum atomic E-state index is 0.626. The van der Waals surface area contributed by atoms with Gasteiger partial charge >= 0.3 is 0 Å². The monoisotopic (exact) mass is 354 g/mol. The Kier molecular flexibility index (Phi) is 4.00. The first kappa shape index (κ1) is 13.1. The summed E-state index contributed by atoms with van der Waals surface area (Å²) in [7, 11) is 1.81. The molecule has 1 heterocycles. The van der Waals surface area contributed by atoms with E-state index in [1.807, 2.05) is 32.2 Å². The predicted molar refractivity (Wildman–Crippen MR) is 83.5 cm³/mol. The normalized spacial score (nSPS) is 10.2. The number of hydrogen-bond donors (Lipinski definition) is 2. The van der Waals surface area contributed by atoms with E-state index in [0.717, 1.165) is 17.2 Å². The SMILES string of the molecule is CNc1nc(C)cc(Nc2cccc(I)c2C)n1. The van der Waals surface area contributed by atoms with Crippen LogP contribution in [0.4, 0.5) is 17.5 Å². The van der Waals surface area contributed by atoms with Crippen LogP contribution in [0.2, 0.25) is 0 Å². The quantitative estimate of drug-likeness (QED) is 0.829. The maximum Gasteiger partial charge on any atom is 0.224 e. The van der Waals surface area contributed by atoms with Crippen molar-refractivity contribution in [2.24, 2.45) is 0 Å². The number of halogens is 1. The maximum atomic E-state index is 4.38. The van der Waals surface area contributed by atoms with Crippen molar-refractivity contribution in [1.82, 2.24) is 9.97 Å². The van der Waals surface area contributed by atoms with Gasteiger partial charge in [-0.05, 0) is 54.1 Å². The molecular formula is C13H15IN4. The van der Waals surface area contributed by atoms with Crippen LogP contribution in [-0.4, -0.2) is 17.0 Å². The molecule has 18 heavy (non-hydrogen) atoms. The van der Waals surface area contributed by atoms with Gasteiger partial charge in [-0.3, -0.25) is 0 Å². The summed E-state index contributed by atoms with van der Waals surface area (Å²) in [5.74, 6) is 1.43. The molecule has 0 saturated carbocycles. The van der Waals surface area contributed by atoms with Crippen LogP contribution in [0.5, 0.6) is 0 Å². The smallest absolute Gasteiger partial charge is 0.224 e. The second kappa shape index (κ2) is 5.51. The molecule has 0 aliphatic heterocycles. The first-order chi connectivity index (χ1) is 8.60. The van der Waals surface area contributed by atoms with Gasteiger partial charge in [-0.15, -0.1) is 0 Å².